The van der Waals surface area contributed by atoms with Crippen molar-refractivity contribution in [2.24, 2.45) is 0 Å². The van der Waals surface area contributed by atoms with Gasteiger partial charge >= 0.3 is 0 Å². The van der Waals surface area contributed by atoms with E-state index in [0.717, 1.165) is 29.5 Å². The lowest BCUT2D eigenvalue weighted by Gasteiger charge is -2.11. The molecule has 0 amide bonds. The van der Waals surface area contributed by atoms with E-state index < -0.39 is 0 Å². The number of hydrogen-bond donors (Lipinski definition) is 0. The summed E-state index contributed by atoms with van der Waals surface area (Å²) in [6, 6.07) is 12.1. The maximum Gasteiger partial charge on any atom is 0.175 e. The molecule has 1 aromatic carbocycles. The molecule has 3 aromatic rings. The van der Waals surface area contributed by atoms with E-state index in [4.69, 9.17) is 11.6 Å². The molecule has 0 aliphatic heterocycles. The molecule has 0 N–H and O–H groups in total. The number of nitriles is 1. The molecule has 22 heavy (non-hydrogen) atoms. The van der Waals surface area contributed by atoms with E-state index in [1.807, 2.05) is 37.3 Å². The van der Waals surface area contributed by atoms with Crippen LogP contribution in [0.25, 0.3) is 16.8 Å². The molecule has 0 spiro atoms. The van der Waals surface area contributed by atoms with Crippen molar-refractivity contribution in [2.75, 3.05) is 0 Å². The summed E-state index contributed by atoms with van der Waals surface area (Å²) in [5.41, 5.74) is 3.70. The molecule has 0 saturated carbocycles. The fourth-order valence-electron chi connectivity index (χ4n) is 2.61. The van der Waals surface area contributed by atoms with Gasteiger partial charge in [0.25, 0.3) is 0 Å². The minimum atomic E-state index is 0.493. The Morgan fingerprint density at radius 2 is 2.00 bits per heavy atom. The summed E-state index contributed by atoms with van der Waals surface area (Å²) in [7, 11) is 0. The number of fused-ring (bicyclic) bond motifs is 1. The lowest BCUT2D eigenvalue weighted by molar-refractivity contribution is 0.819. The zero-order chi connectivity index (χ0) is 15.7. The van der Waals surface area contributed by atoms with Gasteiger partial charge in [-0.05, 0) is 24.5 Å². The van der Waals surface area contributed by atoms with Gasteiger partial charge in [0.05, 0.1) is 0 Å². The summed E-state index contributed by atoms with van der Waals surface area (Å²) in [6.45, 7) is 3.97. The van der Waals surface area contributed by atoms with Gasteiger partial charge in [0, 0.05) is 12.0 Å². The van der Waals surface area contributed by atoms with Crippen molar-refractivity contribution in [1.82, 2.24) is 14.6 Å². The molecular weight excluding hydrogens is 296 g/mol. The van der Waals surface area contributed by atoms with Crippen molar-refractivity contribution in [2.45, 2.75) is 26.7 Å². The highest BCUT2D eigenvalue weighted by atomic mass is 35.5. The number of aryl methyl sites for hydroxylation is 1. The predicted molar refractivity (Wildman–Crippen MR) is 86.9 cm³/mol. The van der Waals surface area contributed by atoms with Crippen LogP contribution in [-0.2, 0) is 6.42 Å². The average molecular weight is 311 g/mol. The Bertz CT molecular complexity index is 875. The molecule has 4 nitrogen and oxygen atoms in total. The minimum absolute atomic E-state index is 0.493. The van der Waals surface area contributed by atoms with Crippen LogP contribution in [0.3, 0.4) is 0 Å². The highest BCUT2D eigenvalue weighted by Crippen LogP contribution is 2.34. The van der Waals surface area contributed by atoms with Crippen LogP contribution in [-0.4, -0.2) is 14.6 Å². The third-order valence-corrected chi connectivity index (χ3v) is 4.01. The molecule has 0 unspecified atom stereocenters. The second-order valence-corrected chi connectivity index (χ2v) is 5.52. The SMILES string of the molecule is CCCc1nc2c(C#N)c(C)c(-c3ccccc3)c(Cl)n2n1. The van der Waals surface area contributed by atoms with Gasteiger partial charge in [-0.2, -0.15) is 5.26 Å². The van der Waals surface area contributed by atoms with Gasteiger partial charge in [0.2, 0.25) is 0 Å². The molecule has 110 valence electrons. The van der Waals surface area contributed by atoms with Crippen molar-refractivity contribution in [3.63, 3.8) is 0 Å². The van der Waals surface area contributed by atoms with E-state index >= 15 is 0 Å². The van der Waals surface area contributed by atoms with Gasteiger partial charge in [-0.1, -0.05) is 48.9 Å². The third-order valence-electron chi connectivity index (χ3n) is 3.66. The molecule has 2 aromatic heterocycles. The van der Waals surface area contributed by atoms with Gasteiger partial charge < -0.3 is 0 Å². The van der Waals surface area contributed by atoms with Crippen molar-refractivity contribution < 1.29 is 0 Å². The Kier molecular flexibility index (Phi) is 3.82. The van der Waals surface area contributed by atoms with Crippen molar-refractivity contribution in [3.8, 4) is 17.2 Å². The monoisotopic (exact) mass is 310 g/mol. The second kappa shape index (κ2) is 5.78. The van der Waals surface area contributed by atoms with E-state index in [1.165, 1.54) is 0 Å². The fraction of sp³-hybridized carbons (Fsp3) is 0.235. The van der Waals surface area contributed by atoms with E-state index in [1.54, 1.807) is 4.52 Å². The molecule has 0 fully saturated rings. The van der Waals surface area contributed by atoms with Crippen LogP contribution >= 0.6 is 11.6 Å². The number of nitrogens with zero attached hydrogens (tertiary/aromatic N) is 4. The first-order valence-corrected chi connectivity index (χ1v) is 7.58. The highest BCUT2D eigenvalue weighted by Gasteiger charge is 2.20. The van der Waals surface area contributed by atoms with Crippen LogP contribution in [0.1, 0.15) is 30.3 Å². The van der Waals surface area contributed by atoms with E-state index in [9.17, 15) is 5.26 Å². The number of pyridine rings is 1. The summed E-state index contributed by atoms with van der Waals surface area (Å²) in [6.07, 6.45) is 1.71. The van der Waals surface area contributed by atoms with E-state index in [0.29, 0.717) is 22.2 Å². The van der Waals surface area contributed by atoms with Gasteiger partial charge in [-0.15, -0.1) is 5.10 Å². The average Bonchev–Trinajstić information content (AvgIpc) is 2.93. The quantitative estimate of drug-likeness (QED) is 0.682. The minimum Gasteiger partial charge on any atom is -0.210 e. The topological polar surface area (TPSA) is 54.0 Å². The van der Waals surface area contributed by atoms with Crippen molar-refractivity contribution in [1.29, 1.82) is 5.26 Å². The Labute approximate surface area is 134 Å². The zero-order valence-corrected chi connectivity index (χ0v) is 13.2. The maximum absolute atomic E-state index is 9.54. The summed E-state index contributed by atoms with van der Waals surface area (Å²) in [5, 5.41) is 14.5. The Balaban J connectivity index is 2.37. The van der Waals surface area contributed by atoms with Crippen LogP contribution in [0.2, 0.25) is 5.15 Å². The molecule has 0 bridgehead atoms. The third kappa shape index (κ3) is 2.24. The molecule has 2 heterocycles. The van der Waals surface area contributed by atoms with Crippen LogP contribution in [0, 0.1) is 18.3 Å². The number of benzene rings is 1. The standard InChI is InChI=1S/C17H15ClN4/c1-3-7-14-20-17-13(10-19)11(2)15(16(18)22(17)21-14)12-8-5-4-6-9-12/h4-6,8-9H,3,7H2,1-2H3. The van der Waals surface area contributed by atoms with Crippen LogP contribution in [0.15, 0.2) is 30.3 Å². The van der Waals surface area contributed by atoms with Gasteiger partial charge in [-0.3, -0.25) is 0 Å². The smallest absolute Gasteiger partial charge is 0.175 e. The first-order chi connectivity index (χ1) is 10.7. The summed E-state index contributed by atoms with van der Waals surface area (Å²) in [5.74, 6) is 0.713. The molecule has 0 atom stereocenters. The first-order valence-electron chi connectivity index (χ1n) is 7.20. The fourth-order valence-corrected chi connectivity index (χ4v) is 2.98. The lowest BCUT2D eigenvalue weighted by atomic mass is 9.99. The maximum atomic E-state index is 9.54. The van der Waals surface area contributed by atoms with Crippen LogP contribution < -0.4 is 0 Å². The Hall–Kier alpha value is -2.38. The van der Waals surface area contributed by atoms with Gasteiger partial charge in [0.1, 0.15) is 16.8 Å². The molecule has 0 saturated heterocycles. The van der Waals surface area contributed by atoms with Crippen molar-refractivity contribution >= 4 is 17.2 Å². The van der Waals surface area contributed by atoms with E-state index in [-0.39, 0.29) is 0 Å². The summed E-state index contributed by atoms with van der Waals surface area (Å²) in [4.78, 5) is 4.47. The largest absolute Gasteiger partial charge is 0.210 e. The van der Waals surface area contributed by atoms with Crippen molar-refractivity contribution in [3.05, 3.63) is 52.4 Å². The number of rotatable bonds is 3. The van der Waals surface area contributed by atoms with E-state index in [2.05, 4.69) is 23.1 Å². The van der Waals surface area contributed by atoms with Crippen LogP contribution in [0.4, 0.5) is 0 Å². The van der Waals surface area contributed by atoms with Gasteiger partial charge in [-0.25, -0.2) is 9.50 Å². The molecule has 0 aliphatic carbocycles. The Morgan fingerprint density at radius 1 is 1.27 bits per heavy atom. The molecule has 0 radical (unpaired) electrons. The molecule has 0 aliphatic rings. The number of aromatic nitrogens is 3. The second-order valence-electron chi connectivity index (χ2n) is 5.16. The lowest BCUT2D eigenvalue weighted by Crippen LogP contribution is -2.00. The zero-order valence-electron chi connectivity index (χ0n) is 12.5. The number of hydrogen-bond acceptors (Lipinski definition) is 3. The molecule has 5 heteroatoms. The highest BCUT2D eigenvalue weighted by molar-refractivity contribution is 6.32. The summed E-state index contributed by atoms with van der Waals surface area (Å²) < 4.78 is 1.58. The normalized spacial score (nSPS) is 10.8. The number of halogens is 1. The molecular formula is C17H15ClN4. The predicted octanol–water partition coefficient (Wildman–Crippen LogP) is 4.18. The Morgan fingerprint density at radius 3 is 2.64 bits per heavy atom. The summed E-state index contributed by atoms with van der Waals surface area (Å²) >= 11 is 6.57. The van der Waals surface area contributed by atoms with Crippen LogP contribution in [0.5, 0.6) is 0 Å². The van der Waals surface area contributed by atoms with Gasteiger partial charge in [0.15, 0.2) is 11.5 Å². The first kappa shape index (κ1) is 14.6. The molecule has 3 rings (SSSR count).